The van der Waals surface area contributed by atoms with E-state index in [4.69, 9.17) is 4.74 Å². The van der Waals surface area contributed by atoms with Crippen molar-refractivity contribution in [3.63, 3.8) is 0 Å². The smallest absolute Gasteiger partial charge is 0.333 e. The minimum Gasteiger partial charge on any atom is -0.508 e. The van der Waals surface area contributed by atoms with E-state index in [1.807, 2.05) is 0 Å². The lowest BCUT2D eigenvalue weighted by atomic mass is 9.77. The maximum atomic E-state index is 12.0. The molecule has 1 aliphatic carbocycles. The van der Waals surface area contributed by atoms with E-state index in [-0.39, 0.29) is 40.9 Å². The van der Waals surface area contributed by atoms with Crippen LogP contribution in [0.3, 0.4) is 0 Å². The normalized spacial score (nSPS) is 18.8. The average Bonchev–Trinajstić information content (AvgIpc) is 2.57. The van der Waals surface area contributed by atoms with Gasteiger partial charge >= 0.3 is 5.97 Å². The SMILES string of the molecule is C=C(C)C(=O)OC1Cc2c(O)cc(O)cc2CC1c1ccc(O)c(O)c1. The van der Waals surface area contributed by atoms with Gasteiger partial charge in [0.15, 0.2) is 11.5 Å². The number of phenolic OH excluding ortho intramolecular Hbond substituents is 4. The van der Waals surface area contributed by atoms with Crippen molar-refractivity contribution in [2.24, 2.45) is 0 Å². The van der Waals surface area contributed by atoms with E-state index < -0.39 is 12.1 Å². The second-order valence-electron chi connectivity index (χ2n) is 6.59. The van der Waals surface area contributed by atoms with E-state index >= 15 is 0 Å². The average molecular weight is 356 g/mol. The van der Waals surface area contributed by atoms with Crippen molar-refractivity contribution in [3.05, 3.63) is 59.2 Å². The second-order valence-corrected chi connectivity index (χ2v) is 6.59. The van der Waals surface area contributed by atoms with Crippen molar-refractivity contribution in [1.29, 1.82) is 0 Å². The van der Waals surface area contributed by atoms with Crippen molar-refractivity contribution in [2.45, 2.75) is 31.8 Å². The minimum absolute atomic E-state index is 0.0501. The molecule has 0 radical (unpaired) electrons. The maximum absolute atomic E-state index is 12.0. The van der Waals surface area contributed by atoms with Gasteiger partial charge in [-0.2, -0.15) is 0 Å². The first-order valence-corrected chi connectivity index (χ1v) is 8.18. The highest BCUT2D eigenvalue weighted by molar-refractivity contribution is 5.87. The number of hydrogen-bond acceptors (Lipinski definition) is 6. The fourth-order valence-electron chi connectivity index (χ4n) is 3.29. The molecule has 2 aromatic rings. The van der Waals surface area contributed by atoms with Gasteiger partial charge in [-0.25, -0.2) is 4.79 Å². The van der Waals surface area contributed by atoms with Crippen LogP contribution in [-0.2, 0) is 22.4 Å². The van der Waals surface area contributed by atoms with Gasteiger partial charge in [-0.1, -0.05) is 12.6 Å². The van der Waals surface area contributed by atoms with Crippen LogP contribution in [0.25, 0.3) is 0 Å². The highest BCUT2D eigenvalue weighted by atomic mass is 16.5. The molecule has 0 saturated heterocycles. The number of hydrogen-bond donors (Lipinski definition) is 4. The van der Waals surface area contributed by atoms with Crippen LogP contribution in [0.4, 0.5) is 0 Å². The summed E-state index contributed by atoms with van der Waals surface area (Å²) in [7, 11) is 0. The molecule has 0 fully saturated rings. The molecule has 0 saturated carbocycles. The molecule has 2 aromatic carbocycles. The van der Waals surface area contributed by atoms with Gasteiger partial charge in [-0.15, -0.1) is 0 Å². The fraction of sp³-hybridized carbons (Fsp3) is 0.250. The molecule has 0 aliphatic heterocycles. The first-order chi connectivity index (χ1) is 12.3. The zero-order chi connectivity index (χ0) is 19.0. The molecular weight excluding hydrogens is 336 g/mol. The van der Waals surface area contributed by atoms with Crippen molar-refractivity contribution in [1.82, 2.24) is 0 Å². The van der Waals surface area contributed by atoms with Crippen LogP contribution in [0.1, 0.15) is 29.5 Å². The molecule has 4 N–H and O–H groups in total. The zero-order valence-corrected chi connectivity index (χ0v) is 14.3. The molecule has 3 rings (SSSR count). The first-order valence-electron chi connectivity index (χ1n) is 8.18. The largest absolute Gasteiger partial charge is 0.508 e. The molecule has 0 bridgehead atoms. The summed E-state index contributed by atoms with van der Waals surface area (Å²) in [6, 6.07) is 7.27. The van der Waals surface area contributed by atoms with Gasteiger partial charge < -0.3 is 25.2 Å². The quantitative estimate of drug-likeness (QED) is 0.383. The molecule has 26 heavy (non-hydrogen) atoms. The summed E-state index contributed by atoms with van der Waals surface area (Å²) < 4.78 is 5.58. The number of fused-ring (bicyclic) bond motifs is 1. The number of phenols is 4. The third-order valence-corrected chi connectivity index (χ3v) is 4.63. The molecule has 2 unspecified atom stereocenters. The Labute approximate surface area is 150 Å². The van der Waals surface area contributed by atoms with Gasteiger partial charge in [0.05, 0.1) is 0 Å². The molecule has 0 aromatic heterocycles. The van der Waals surface area contributed by atoms with Crippen LogP contribution >= 0.6 is 0 Å². The fourth-order valence-corrected chi connectivity index (χ4v) is 3.29. The zero-order valence-electron chi connectivity index (χ0n) is 14.3. The highest BCUT2D eigenvalue weighted by Gasteiger charge is 2.34. The summed E-state index contributed by atoms with van der Waals surface area (Å²) in [6.45, 7) is 5.14. The van der Waals surface area contributed by atoms with Crippen molar-refractivity contribution in [2.75, 3.05) is 0 Å². The Morgan fingerprint density at radius 2 is 1.77 bits per heavy atom. The topological polar surface area (TPSA) is 107 Å². The van der Waals surface area contributed by atoms with Crippen molar-refractivity contribution >= 4 is 5.97 Å². The van der Waals surface area contributed by atoms with Crippen molar-refractivity contribution in [3.8, 4) is 23.0 Å². The number of carbonyl (C=O) groups excluding carboxylic acids is 1. The lowest BCUT2D eigenvalue weighted by Crippen LogP contribution is -2.33. The molecular formula is C20H20O6. The molecule has 1 aliphatic rings. The van der Waals surface area contributed by atoms with Gasteiger partial charge in [-0.05, 0) is 42.7 Å². The number of esters is 1. The molecule has 0 spiro atoms. The highest BCUT2D eigenvalue weighted by Crippen LogP contribution is 2.41. The Morgan fingerprint density at radius 1 is 1.04 bits per heavy atom. The second kappa shape index (κ2) is 6.63. The number of rotatable bonds is 3. The number of aromatic hydroxyl groups is 4. The Balaban J connectivity index is 2.03. The number of ether oxygens (including phenoxy) is 1. The van der Waals surface area contributed by atoms with E-state index in [1.165, 1.54) is 18.2 Å². The Morgan fingerprint density at radius 3 is 2.42 bits per heavy atom. The molecule has 0 amide bonds. The van der Waals surface area contributed by atoms with Gasteiger partial charge in [-0.3, -0.25) is 0 Å². The molecule has 136 valence electrons. The maximum Gasteiger partial charge on any atom is 0.333 e. The molecule has 2 atom stereocenters. The van der Waals surface area contributed by atoms with Crippen LogP contribution in [-0.4, -0.2) is 32.5 Å². The first kappa shape index (κ1) is 17.7. The predicted molar refractivity (Wildman–Crippen MR) is 94.4 cm³/mol. The number of benzene rings is 2. The van der Waals surface area contributed by atoms with Crippen LogP contribution < -0.4 is 0 Å². The van der Waals surface area contributed by atoms with Crippen LogP contribution in [0.2, 0.25) is 0 Å². The van der Waals surface area contributed by atoms with Gasteiger partial charge in [0.1, 0.15) is 17.6 Å². The molecule has 6 nitrogen and oxygen atoms in total. The lowest BCUT2D eigenvalue weighted by Gasteiger charge is -2.33. The summed E-state index contributed by atoms with van der Waals surface area (Å²) in [6.07, 6.45) is 0.0497. The third kappa shape index (κ3) is 3.31. The Kier molecular flexibility index (Phi) is 4.50. The Bertz CT molecular complexity index is 886. The summed E-state index contributed by atoms with van der Waals surface area (Å²) in [5.41, 5.74) is 2.29. The molecule has 0 heterocycles. The molecule has 6 heteroatoms. The minimum atomic E-state index is -0.592. The third-order valence-electron chi connectivity index (χ3n) is 4.63. The van der Waals surface area contributed by atoms with Gasteiger partial charge in [0.2, 0.25) is 0 Å². The van der Waals surface area contributed by atoms with Gasteiger partial charge in [0.25, 0.3) is 0 Å². The van der Waals surface area contributed by atoms with E-state index in [2.05, 4.69) is 6.58 Å². The summed E-state index contributed by atoms with van der Waals surface area (Å²) in [5, 5.41) is 39.3. The van der Waals surface area contributed by atoms with Gasteiger partial charge in [0, 0.05) is 29.5 Å². The van der Waals surface area contributed by atoms with Crippen LogP contribution in [0.15, 0.2) is 42.5 Å². The summed E-state index contributed by atoms with van der Waals surface area (Å²) >= 11 is 0. The summed E-state index contributed by atoms with van der Waals surface area (Å²) in [5.74, 6) is -1.47. The summed E-state index contributed by atoms with van der Waals surface area (Å²) in [4.78, 5) is 12.0. The number of carbonyl (C=O) groups is 1. The monoisotopic (exact) mass is 356 g/mol. The van der Waals surface area contributed by atoms with E-state index in [9.17, 15) is 25.2 Å². The Hall–Kier alpha value is -3.15. The predicted octanol–water partition coefficient (Wildman–Crippen LogP) is 2.88. The van der Waals surface area contributed by atoms with E-state index in [0.29, 0.717) is 17.5 Å². The van der Waals surface area contributed by atoms with Crippen molar-refractivity contribution < 1.29 is 30.0 Å². The van der Waals surface area contributed by atoms with Crippen LogP contribution in [0.5, 0.6) is 23.0 Å². The lowest BCUT2D eigenvalue weighted by molar-refractivity contribution is -0.145. The van der Waals surface area contributed by atoms with E-state index in [0.717, 1.165) is 5.56 Å². The van der Waals surface area contributed by atoms with E-state index in [1.54, 1.807) is 19.1 Å². The standard InChI is InChI=1S/C20H20O6/c1-10(2)20(25)26-19-9-14-12(5-13(21)8-17(14)23)6-15(19)11-3-4-16(22)18(24)7-11/h3-5,7-8,15,19,21-24H,1,6,9H2,2H3. The van der Waals surface area contributed by atoms with Crippen LogP contribution in [0, 0.1) is 0 Å².